The van der Waals surface area contributed by atoms with Crippen molar-refractivity contribution in [3.8, 4) is 5.75 Å². The van der Waals surface area contributed by atoms with Crippen molar-refractivity contribution < 1.29 is 9.47 Å². The highest BCUT2D eigenvalue weighted by Gasteiger charge is 2.33. The summed E-state index contributed by atoms with van der Waals surface area (Å²) in [5.41, 5.74) is 0.246. The molecule has 0 saturated carbocycles. The molecule has 2 heteroatoms. The molecule has 0 radical (unpaired) electrons. The third kappa shape index (κ3) is 2.51. The average molecular weight is 206 g/mol. The first-order valence-electron chi connectivity index (χ1n) is 5.60. The maximum Gasteiger partial charge on any atom is 0.119 e. The molecule has 1 saturated heterocycles. The summed E-state index contributed by atoms with van der Waals surface area (Å²) < 4.78 is 11.3. The van der Waals surface area contributed by atoms with Crippen LogP contribution < -0.4 is 4.74 Å². The van der Waals surface area contributed by atoms with Gasteiger partial charge in [0, 0.05) is 12.0 Å². The average Bonchev–Trinajstić information content (AvgIpc) is 2.77. The minimum Gasteiger partial charge on any atom is -0.493 e. The molecule has 1 aromatic carbocycles. The normalized spacial score (nSPS) is 25.4. The van der Waals surface area contributed by atoms with Crippen LogP contribution in [0.25, 0.3) is 0 Å². The maximum atomic E-state index is 5.80. The fourth-order valence-corrected chi connectivity index (χ4v) is 1.90. The van der Waals surface area contributed by atoms with Gasteiger partial charge in [0.15, 0.2) is 0 Å². The second kappa shape index (κ2) is 4.67. The molecule has 2 nitrogen and oxygen atoms in total. The third-order valence-electron chi connectivity index (χ3n) is 3.22. The summed E-state index contributed by atoms with van der Waals surface area (Å²) in [6.45, 7) is 4.71. The highest BCUT2D eigenvalue weighted by molar-refractivity contribution is 5.21. The SMILES string of the molecule is CCC1(COc2ccccc2)CCOC1. The molecule has 0 N–H and O–H groups in total. The van der Waals surface area contributed by atoms with E-state index < -0.39 is 0 Å². The molecule has 82 valence electrons. The van der Waals surface area contributed by atoms with E-state index in [1.165, 1.54) is 0 Å². The Bertz CT molecular complexity index is 289. The van der Waals surface area contributed by atoms with Gasteiger partial charge < -0.3 is 9.47 Å². The standard InChI is InChI=1S/C13H18O2/c1-2-13(8-9-14-10-13)11-15-12-6-4-3-5-7-12/h3-7H,2,8-11H2,1H3. The first kappa shape index (κ1) is 10.5. The zero-order valence-corrected chi connectivity index (χ0v) is 9.24. The molecule has 0 aliphatic carbocycles. The molecule has 1 fully saturated rings. The van der Waals surface area contributed by atoms with Gasteiger partial charge in [0.1, 0.15) is 5.75 Å². The Labute approximate surface area is 91.2 Å². The van der Waals surface area contributed by atoms with Crippen molar-refractivity contribution in [2.24, 2.45) is 5.41 Å². The van der Waals surface area contributed by atoms with E-state index >= 15 is 0 Å². The minimum atomic E-state index is 0.246. The highest BCUT2D eigenvalue weighted by Crippen LogP contribution is 2.32. The Morgan fingerprint density at radius 1 is 1.33 bits per heavy atom. The molecule has 0 amide bonds. The monoisotopic (exact) mass is 206 g/mol. The zero-order chi connectivity index (χ0) is 10.6. The lowest BCUT2D eigenvalue weighted by Gasteiger charge is -2.25. The Hall–Kier alpha value is -1.02. The van der Waals surface area contributed by atoms with Crippen LogP contribution in [-0.4, -0.2) is 19.8 Å². The van der Waals surface area contributed by atoms with Gasteiger partial charge in [0.2, 0.25) is 0 Å². The quantitative estimate of drug-likeness (QED) is 0.754. The van der Waals surface area contributed by atoms with E-state index in [4.69, 9.17) is 9.47 Å². The van der Waals surface area contributed by atoms with Gasteiger partial charge in [-0.25, -0.2) is 0 Å². The van der Waals surface area contributed by atoms with E-state index in [1.54, 1.807) is 0 Å². The van der Waals surface area contributed by atoms with Gasteiger partial charge in [-0.2, -0.15) is 0 Å². The van der Waals surface area contributed by atoms with Gasteiger partial charge >= 0.3 is 0 Å². The second-order valence-electron chi connectivity index (χ2n) is 4.26. The summed E-state index contributed by atoms with van der Waals surface area (Å²) >= 11 is 0. The predicted octanol–water partition coefficient (Wildman–Crippen LogP) is 2.88. The summed E-state index contributed by atoms with van der Waals surface area (Å²) in [6.07, 6.45) is 2.25. The van der Waals surface area contributed by atoms with Crippen LogP contribution in [0.15, 0.2) is 30.3 Å². The fraction of sp³-hybridized carbons (Fsp3) is 0.538. The van der Waals surface area contributed by atoms with Gasteiger partial charge in [-0.3, -0.25) is 0 Å². The molecule has 0 spiro atoms. The Kier molecular flexibility index (Phi) is 3.27. The van der Waals surface area contributed by atoms with Crippen molar-refractivity contribution >= 4 is 0 Å². The first-order valence-corrected chi connectivity index (χ1v) is 5.60. The van der Waals surface area contributed by atoms with Crippen molar-refractivity contribution in [3.63, 3.8) is 0 Å². The molecular weight excluding hydrogens is 188 g/mol. The molecule has 1 aliphatic rings. The lowest BCUT2D eigenvalue weighted by Crippen LogP contribution is -2.28. The second-order valence-corrected chi connectivity index (χ2v) is 4.26. The number of rotatable bonds is 4. The van der Waals surface area contributed by atoms with Crippen LogP contribution in [0, 0.1) is 5.41 Å². The lowest BCUT2D eigenvalue weighted by atomic mass is 9.85. The number of ether oxygens (including phenoxy) is 2. The van der Waals surface area contributed by atoms with E-state index in [0.29, 0.717) is 0 Å². The molecule has 1 unspecified atom stereocenters. The van der Waals surface area contributed by atoms with Crippen molar-refractivity contribution in [2.75, 3.05) is 19.8 Å². The third-order valence-corrected chi connectivity index (χ3v) is 3.22. The van der Waals surface area contributed by atoms with Gasteiger partial charge in [-0.15, -0.1) is 0 Å². The van der Waals surface area contributed by atoms with E-state index in [2.05, 4.69) is 6.92 Å². The van der Waals surface area contributed by atoms with Gasteiger partial charge in [-0.05, 0) is 25.0 Å². The van der Waals surface area contributed by atoms with Crippen molar-refractivity contribution in [3.05, 3.63) is 30.3 Å². The smallest absolute Gasteiger partial charge is 0.119 e. The van der Waals surface area contributed by atoms with Crippen LogP contribution in [0.4, 0.5) is 0 Å². The van der Waals surface area contributed by atoms with E-state index in [-0.39, 0.29) is 5.41 Å². The summed E-state index contributed by atoms with van der Waals surface area (Å²) in [5.74, 6) is 0.956. The van der Waals surface area contributed by atoms with E-state index in [0.717, 1.165) is 38.4 Å². The Balaban J connectivity index is 1.92. The largest absolute Gasteiger partial charge is 0.493 e. The number of benzene rings is 1. The molecule has 1 atom stereocenters. The fourth-order valence-electron chi connectivity index (χ4n) is 1.90. The van der Waals surface area contributed by atoms with Crippen LogP contribution in [-0.2, 0) is 4.74 Å². The molecule has 15 heavy (non-hydrogen) atoms. The Morgan fingerprint density at radius 2 is 2.13 bits per heavy atom. The highest BCUT2D eigenvalue weighted by atomic mass is 16.5. The van der Waals surface area contributed by atoms with Crippen molar-refractivity contribution in [2.45, 2.75) is 19.8 Å². The molecule has 1 aliphatic heterocycles. The first-order chi connectivity index (χ1) is 7.35. The summed E-state index contributed by atoms with van der Waals surface area (Å²) in [5, 5.41) is 0. The molecule has 2 rings (SSSR count). The van der Waals surface area contributed by atoms with Gasteiger partial charge in [0.25, 0.3) is 0 Å². The van der Waals surface area contributed by atoms with Crippen LogP contribution in [0.2, 0.25) is 0 Å². The molecule has 0 aromatic heterocycles. The molecular formula is C13H18O2. The van der Waals surface area contributed by atoms with Crippen molar-refractivity contribution in [1.29, 1.82) is 0 Å². The van der Waals surface area contributed by atoms with Gasteiger partial charge in [-0.1, -0.05) is 25.1 Å². The molecule has 1 aromatic rings. The molecule has 0 bridgehead atoms. The Morgan fingerprint density at radius 3 is 2.73 bits per heavy atom. The number of para-hydroxylation sites is 1. The summed E-state index contributed by atoms with van der Waals surface area (Å²) in [7, 11) is 0. The minimum absolute atomic E-state index is 0.246. The van der Waals surface area contributed by atoms with Crippen LogP contribution in [0.1, 0.15) is 19.8 Å². The summed E-state index contributed by atoms with van der Waals surface area (Å²) in [4.78, 5) is 0. The van der Waals surface area contributed by atoms with Crippen LogP contribution in [0.5, 0.6) is 5.75 Å². The summed E-state index contributed by atoms with van der Waals surface area (Å²) in [6, 6.07) is 10.00. The van der Waals surface area contributed by atoms with Crippen LogP contribution in [0.3, 0.4) is 0 Å². The van der Waals surface area contributed by atoms with Gasteiger partial charge in [0.05, 0.1) is 13.2 Å². The zero-order valence-electron chi connectivity index (χ0n) is 9.24. The lowest BCUT2D eigenvalue weighted by molar-refractivity contribution is 0.102. The molecule has 1 heterocycles. The number of hydrogen-bond acceptors (Lipinski definition) is 2. The topological polar surface area (TPSA) is 18.5 Å². The van der Waals surface area contributed by atoms with E-state index in [1.807, 2.05) is 30.3 Å². The van der Waals surface area contributed by atoms with E-state index in [9.17, 15) is 0 Å². The van der Waals surface area contributed by atoms with Crippen LogP contribution >= 0.6 is 0 Å². The van der Waals surface area contributed by atoms with Crippen molar-refractivity contribution in [1.82, 2.24) is 0 Å². The number of hydrogen-bond donors (Lipinski definition) is 0. The predicted molar refractivity (Wildman–Crippen MR) is 60.1 cm³/mol. The maximum absolute atomic E-state index is 5.80.